The molecule has 1 aromatic carbocycles. The number of benzene rings is 1. The Balaban J connectivity index is 0.00000161. The largest absolute Gasteiger partial charge is 0.497 e. The zero-order valence-electron chi connectivity index (χ0n) is 12.3. The fraction of sp³-hybridized carbons (Fsp3) is 0.562. The SMILES string of the molecule is COc1ccc(N)c(NC(=O)CC2CC3CCC2C3)c1.Cl. The van der Waals surface area contributed by atoms with E-state index in [0.29, 0.717) is 29.5 Å². The fourth-order valence-corrected chi connectivity index (χ4v) is 3.84. The van der Waals surface area contributed by atoms with Gasteiger partial charge in [-0.15, -0.1) is 12.4 Å². The third-order valence-corrected chi connectivity index (χ3v) is 4.87. The van der Waals surface area contributed by atoms with E-state index in [4.69, 9.17) is 10.5 Å². The minimum Gasteiger partial charge on any atom is -0.497 e. The smallest absolute Gasteiger partial charge is 0.224 e. The highest BCUT2D eigenvalue weighted by atomic mass is 35.5. The predicted molar refractivity (Wildman–Crippen MR) is 86.8 cm³/mol. The summed E-state index contributed by atoms with van der Waals surface area (Å²) >= 11 is 0. The molecule has 3 atom stereocenters. The molecule has 116 valence electrons. The minimum absolute atomic E-state index is 0. The Hall–Kier alpha value is -1.42. The second-order valence-electron chi connectivity index (χ2n) is 6.14. The monoisotopic (exact) mass is 310 g/mol. The molecule has 0 aromatic heterocycles. The van der Waals surface area contributed by atoms with Gasteiger partial charge in [-0.25, -0.2) is 0 Å². The van der Waals surface area contributed by atoms with Crippen LogP contribution < -0.4 is 15.8 Å². The molecule has 0 radical (unpaired) electrons. The zero-order valence-corrected chi connectivity index (χ0v) is 13.1. The van der Waals surface area contributed by atoms with Crippen molar-refractivity contribution < 1.29 is 9.53 Å². The van der Waals surface area contributed by atoms with E-state index >= 15 is 0 Å². The quantitative estimate of drug-likeness (QED) is 0.837. The molecule has 2 aliphatic carbocycles. The van der Waals surface area contributed by atoms with Crippen LogP contribution in [0.25, 0.3) is 0 Å². The van der Waals surface area contributed by atoms with Crippen LogP contribution in [0.4, 0.5) is 11.4 Å². The van der Waals surface area contributed by atoms with E-state index in [1.54, 1.807) is 25.3 Å². The van der Waals surface area contributed by atoms with Crippen LogP contribution in [0.3, 0.4) is 0 Å². The molecule has 0 spiro atoms. The maximum Gasteiger partial charge on any atom is 0.224 e. The summed E-state index contributed by atoms with van der Waals surface area (Å²) < 4.78 is 5.16. The van der Waals surface area contributed by atoms with Crippen LogP contribution in [0.2, 0.25) is 0 Å². The van der Waals surface area contributed by atoms with Crippen LogP contribution >= 0.6 is 12.4 Å². The Morgan fingerprint density at radius 2 is 2.19 bits per heavy atom. The average molecular weight is 311 g/mol. The lowest BCUT2D eigenvalue weighted by atomic mass is 9.86. The summed E-state index contributed by atoms with van der Waals surface area (Å²) in [6.45, 7) is 0. The third kappa shape index (κ3) is 3.43. The van der Waals surface area contributed by atoms with Gasteiger partial charge in [0.25, 0.3) is 0 Å². The van der Waals surface area contributed by atoms with Crippen molar-refractivity contribution >= 4 is 29.7 Å². The molecule has 0 aliphatic heterocycles. The molecular weight excluding hydrogens is 288 g/mol. The maximum absolute atomic E-state index is 12.2. The van der Waals surface area contributed by atoms with Crippen LogP contribution in [-0.2, 0) is 4.79 Å². The summed E-state index contributed by atoms with van der Waals surface area (Å²) in [6.07, 6.45) is 5.86. The number of hydrogen-bond acceptors (Lipinski definition) is 3. The van der Waals surface area contributed by atoms with Gasteiger partial charge in [0.15, 0.2) is 0 Å². The average Bonchev–Trinajstić information content (AvgIpc) is 3.03. The first-order chi connectivity index (χ1) is 9.65. The minimum atomic E-state index is 0. The van der Waals surface area contributed by atoms with Gasteiger partial charge in [-0.05, 0) is 49.1 Å². The number of halogens is 1. The van der Waals surface area contributed by atoms with Crippen LogP contribution in [0, 0.1) is 17.8 Å². The van der Waals surface area contributed by atoms with Gasteiger partial charge in [0, 0.05) is 12.5 Å². The Morgan fingerprint density at radius 1 is 1.38 bits per heavy atom. The highest BCUT2D eigenvalue weighted by molar-refractivity contribution is 5.94. The molecule has 4 nitrogen and oxygen atoms in total. The predicted octanol–water partition coefficient (Wildman–Crippen LogP) is 3.46. The van der Waals surface area contributed by atoms with Gasteiger partial charge in [-0.1, -0.05) is 6.42 Å². The number of nitrogen functional groups attached to an aromatic ring is 1. The summed E-state index contributed by atoms with van der Waals surface area (Å²) in [7, 11) is 1.60. The maximum atomic E-state index is 12.2. The number of anilines is 2. The third-order valence-electron chi connectivity index (χ3n) is 4.87. The summed E-state index contributed by atoms with van der Waals surface area (Å²) in [5.41, 5.74) is 7.12. The van der Waals surface area contributed by atoms with Crippen molar-refractivity contribution in [3.63, 3.8) is 0 Å². The van der Waals surface area contributed by atoms with Crippen LogP contribution in [-0.4, -0.2) is 13.0 Å². The summed E-state index contributed by atoms with van der Waals surface area (Å²) in [5.74, 6) is 2.99. The van der Waals surface area contributed by atoms with Crippen molar-refractivity contribution in [3.8, 4) is 5.75 Å². The summed E-state index contributed by atoms with van der Waals surface area (Å²) in [6, 6.07) is 5.32. The molecule has 3 N–H and O–H groups in total. The van der Waals surface area contributed by atoms with E-state index < -0.39 is 0 Å². The highest BCUT2D eigenvalue weighted by Gasteiger charge is 2.40. The second kappa shape index (κ2) is 6.56. The lowest BCUT2D eigenvalue weighted by Crippen LogP contribution is -2.20. The zero-order chi connectivity index (χ0) is 14.1. The molecule has 2 bridgehead atoms. The van der Waals surface area contributed by atoms with Crippen molar-refractivity contribution in [3.05, 3.63) is 18.2 Å². The number of methoxy groups -OCH3 is 1. The summed E-state index contributed by atoms with van der Waals surface area (Å²) in [4.78, 5) is 12.2. The number of hydrogen-bond donors (Lipinski definition) is 2. The molecule has 2 aliphatic rings. The number of fused-ring (bicyclic) bond motifs is 2. The molecular formula is C16H23ClN2O2. The first-order valence-electron chi connectivity index (χ1n) is 7.39. The lowest BCUT2D eigenvalue weighted by molar-refractivity contribution is -0.117. The number of rotatable bonds is 4. The normalized spacial score (nSPS) is 26.2. The fourth-order valence-electron chi connectivity index (χ4n) is 3.84. The summed E-state index contributed by atoms with van der Waals surface area (Å²) in [5, 5.41) is 2.93. The Kier molecular flexibility index (Phi) is 4.99. The molecule has 1 amide bonds. The van der Waals surface area contributed by atoms with E-state index in [0.717, 1.165) is 11.8 Å². The van der Waals surface area contributed by atoms with Crippen molar-refractivity contribution in [1.82, 2.24) is 0 Å². The van der Waals surface area contributed by atoms with Crippen molar-refractivity contribution in [2.45, 2.75) is 32.1 Å². The van der Waals surface area contributed by atoms with E-state index in [9.17, 15) is 4.79 Å². The van der Waals surface area contributed by atoms with E-state index in [2.05, 4.69) is 5.32 Å². The van der Waals surface area contributed by atoms with Crippen LogP contribution in [0.5, 0.6) is 5.75 Å². The van der Waals surface area contributed by atoms with Crippen molar-refractivity contribution in [1.29, 1.82) is 0 Å². The molecule has 3 unspecified atom stereocenters. The van der Waals surface area contributed by atoms with Gasteiger partial charge < -0.3 is 15.8 Å². The number of ether oxygens (including phenoxy) is 1. The van der Waals surface area contributed by atoms with Gasteiger partial charge in [0.05, 0.1) is 18.5 Å². The standard InChI is InChI=1S/C16H22N2O2.ClH/c1-20-13-4-5-14(17)15(9-13)18-16(19)8-12-7-10-2-3-11(12)6-10;/h4-5,9-12H,2-3,6-8,17H2,1H3,(H,18,19);1H. The molecule has 2 fully saturated rings. The van der Waals surface area contributed by atoms with Gasteiger partial charge in [-0.3, -0.25) is 4.79 Å². The number of nitrogens with one attached hydrogen (secondary N) is 1. The van der Waals surface area contributed by atoms with E-state index in [1.165, 1.54) is 25.7 Å². The molecule has 2 saturated carbocycles. The van der Waals surface area contributed by atoms with Crippen molar-refractivity contribution in [2.75, 3.05) is 18.2 Å². The molecule has 3 rings (SSSR count). The van der Waals surface area contributed by atoms with E-state index in [-0.39, 0.29) is 18.3 Å². The van der Waals surface area contributed by atoms with Gasteiger partial charge in [0.2, 0.25) is 5.91 Å². The van der Waals surface area contributed by atoms with Crippen LogP contribution in [0.1, 0.15) is 32.1 Å². The number of amides is 1. The molecule has 0 saturated heterocycles. The Labute approximate surface area is 131 Å². The molecule has 21 heavy (non-hydrogen) atoms. The van der Waals surface area contributed by atoms with Gasteiger partial charge >= 0.3 is 0 Å². The number of nitrogens with two attached hydrogens (primary N) is 1. The lowest BCUT2D eigenvalue weighted by Gasteiger charge is -2.21. The van der Waals surface area contributed by atoms with Gasteiger partial charge in [0.1, 0.15) is 5.75 Å². The topological polar surface area (TPSA) is 64.3 Å². The first-order valence-corrected chi connectivity index (χ1v) is 7.39. The van der Waals surface area contributed by atoms with E-state index in [1.807, 2.05) is 0 Å². The first kappa shape index (κ1) is 16.0. The number of carbonyl (C=O) groups excluding carboxylic acids is 1. The highest BCUT2D eigenvalue weighted by Crippen LogP contribution is 2.49. The molecule has 5 heteroatoms. The Morgan fingerprint density at radius 3 is 2.81 bits per heavy atom. The second-order valence-corrected chi connectivity index (χ2v) is 6.14. The van der Waals surface area contributed by atoms with Crippen LogP contribution in [0.15, 0.2) is 18.2 Å². The van der Waals surface area contributed by atoms with Gasteiger partial charge in [-0.2, -0.15) is 0 Å². The molecule has 1 aromatic rings. The number of carbonyl (C=O) groups is 1. The van der Waals surface area contributed by atoms with Crippen molar-refractivity contribution in [2.24, 2.45) is 17.8 Å². The Bertz CT molecular complexity index is 521. The molecule has 0 heterocycles.